The van der Waals surface area contributed by atoms with E-state index in [9.17, 15) is 9.00 Å². The number of pyridine rings is 1. The van der Waals surface area contributed by atoms with Gasteiger partial charge >= 0.3 is 15.9 Å². The number of piperazine rings is 1. The molecule has 2 aliphatic rings. The van der Waals surface area contributed by atoms with Crippen LogP contribution < -0.4 is 9.33 Å². The second-order valence-corrected chi connectivity index (χ2v) is 29.0. The molecule has 1 amide bonds. The Morgan fingerprint density at radius 3 is 1.98 bits per heavy atom. The highest BCUT2D eigenvalue weighted by molar-refractivity contribution is 7.84. The molecule has 346 valence electrons. The van der Waals surface area contributed by atoms with Crippen LogP contribution in [0.25, 0.3) is 32.9 Å². The van der Waals surface area contributed by atoms with Crippen molar-refractivity contribution >= 4 is 62.2 Å². The van der Waals surface area contributed by atoms with Gasteiger partial charge in [-0.2, -0.15) is 0 Å². The number of halogens is 2. The van der Waals surface area contributed by atoms with E-state index in [1.54, 1.807) is 18.3 Å². The van der Waals surface area contributed by atoms with Crippen LogP contribution in [0, 0.1) is 40.9 Å². The second-order valence-electron chi connectivity index (χ2n) is 20.9. The van der Waals surface area contributed by atoms with Crippen LogP contribution in [0.15, 0.2) is 35.6 Å². The Labute approximate surface area is 386 Å². The van der Waals surface area contributed by atoms with E-state index in [-0.39, 0.29) is 54.9 Å². The molecule has 0 spiro atoms. The number of fused-ring (bicyclic) bond motifs is 4. The van der Waals surface area contributed by atoms with Gasteiger partial charge in [-0.25, -0.2) is 23.5 Å². The minimum Gasteiger partial charge on any atom is -0.540 e. The average Bonchev–Trinajstić information content (AvgIpc) is 3.46. The lowest BCUT2D eigenvalue weighted by Gasteiger charge is -2.43. The SMILES string of the molecule is CC(C)C([Si]Oc1cc(-c2ncc3c(N4C[C@H]5CC[C@@H](C4)N5C(=O)OC(C)(C)C)nc(S(C)=O)nc3c2F)c2c(C#C[Si](C(C)C)(C(C)C)C(C)C)c(F)ccc2c1)(C(C)C)C(C)C. The lowest BCUT2D eigenvalue weighted by molar-refractivity contribution is 0.0122. The van der Waals surface area contributed by atoms with Crippen LogP contribution in [-0.4, -0.2) is 85.0 Å². The number of rotatable bonds is 12. The Morgan fingerprint density at radius 2 is 1.47 bits per heavy atom. The van der Waals surface area contributed by atoms with Gasteiger partial charge in [0.2, 0.25) is 5.16 Å². The van der Waals surface area contributed by atoms with Gasteiger partial charge in [-0.15, -0.1) is 5.54 Å². The number of nitrogens with zero attached hydrogens (tertiary/aromatic N) is 5. The van der Waals surface area contributed by atoms with E-state index >= 15 is 8.78 Å². The zero-order chi connectivity index (χ0) is 47.4. The largest absolute Gasteiger partial charge is 0.540 e. The van der Waals surface area contributed by atoms with Crippen molar-refractivity contribution in [3.8, 4) is 28.5 Å². The summed E-state index contributed by atoms with van der Waals surface area (Å²) in [7, 11) is -3.91. The van der Waals surface area contributed by atoms with Crippen LogP contribution in [0.2, 0.25) is 21.7 Å². The van der Waals surface area contributed by atoms with Crippen LogP contribution in [-0.2, 0) is 15.5 Å². The number of hydrogen-bond acceptors (Lipinski definition) is 8. The molecule has 2 radical (unpaired) electrons. The topological polar surface area (TPSA) is 97.8 Å². The first-order valence-corrected chi connectivity index (χ1v) is 27.7. The minimum atomic E-state index is -2.33. The van der Waals surface area contributed by atoms with Gasteiger partial charge in [-0.3, -0.25) is 14.1 Å². The summed E-state index contributed by atoms with van der Waals surface area (Å²) in [5.74, 6) is 4.01. The van der Waals surface area contributed by atoms with Crippen molar-refractivity contribution in [2.75, 3.05) is 24.2 Å². The van der Waals surface area contributed by atoms with Crippen molar-refractivity contribution < 1.29 is 26.9 Å². The molecule has 0 saturated carbocycles. The molecule has 1 unspecified atom stereocenters. The number of aromatic nitrogens is 3. The van der Waals surface area contributed by atoms with Crippen LogP contribution in [0.5, 0.6) is 5.75 Å². The molecule has 3 atom stereocenters. The summed E-state index contributed by atoms with van der Waals surface area (Å²) < 4.78 is 60.1. The van der Waals surface area contributed by atoms with Crippen LogP contribution in [0.3, 0.4) is 0 Å². The highest BCUT2D eigenvalue weighted by Gasteiger charge is 2.46. The molecule has 2 aliphatic heterocycles. The second kappa shape index (κ2) is 18.7. The molecule has 2 aromatic carbocycles. The third-order valence-electron chi connectivity index (χ3n) is 14.1. The summed E-state index contributed by atoms with van der Waals surface area (Å²) in [6.07, 6.45) is 4.24. The summed E-state index contributed by atoms with van der Waals surface area (Å²) in [5.41, 5.74) is 4.43. The van der Waals surface area contributed by atoms with Crippen LogP contribution in [0.1, 0.15) is 122 Å². The fourth-order valence-electron chi connectivity index (χ4n) is 11.2. The number of carbonyl (C=O) groups is 1. The number of carbonyl (C=O) groups excluding carboxylic acids is 1. The molecule has 4 aromatic rings. The molecule has 0 aliphatic carbocycles. The number of ether oxygens (including phenoxy) is 1. The Balaban J connectivity index is 1.58. The van der Waals surface area contributed by atoms with Crippen molar-refractivity contribution in [1.82, 2.24) is 19.9 Å². The maximum atomic E-state index is 17.8. The molecule has 14 heteroatoms. The highest BCUT2D eigenvalue weighted by atomic mass is 32.2. The Kier molecular flexibility index (Phi) is 14.5. The number of amides is 1. The van der Waals surface area contributed by atoms with Gasteiger partial charge in [-0.05, 0) is 91.6 Å². The third-order valence-corrected chi connectivity index (χ3v) is 23.5. The quantitative estimate of drug-likeness (QED) is 0.0787. The minimum absolute atomic E-state index is 0.0223. The zero-order valence-electron chi connectivity index (χ0n) is 40.9. The summed E-state index contributed by atoms with van der Waals surface area (Å²) in [6.45, 7) is 33.1. The molecule has 64 heavy (non-hydrogen) atoms. The summed E-state index contributed by atoms with van der Waals surface area (Å²) in [4.78, 5) is 31.4. The Hall–Kier alpha value is -3.94. The predicted octanol–water partition coefficient (Wildman–Crippen LogP) is 12.1. The van der Waals surface area contributed by atoms with Gasteiger partial charge in [-0.1, -0.05) is 95.1 Å². The van der Waals surface area contributed by atoms with E-state index in [0.29, 0.717) is 80.8 Å². The first kappa shape index (κ1) is 49.5. The molecule has 2 aromatic heterocycles. The number of benzene rings is 2. The first-order valence-electron chi connectivity index (χ1n) is 23.0. The van der Waals surface area contributed by atoms with E-state index in [0.717, 1.165) is 12.8 Å². The van der Waals surface area contributed by atoms with Crippen molar-refractivity contribution in [2.24, 2.45) is 17.8 Å². The fourth-order valence-corrected chi connectivity index (χ4v) is 17.9. The Morgan fingerprint density at radius 1 is 0.891 bits per heavy atom. The first-order chi connectivity index (χ1) is 29.8. The van der Waals surface area contributed by atoms with Gasteiger partial charge in [0.1, 0.15) is 42.3 Å². The van der Waals surface area contributed by atoms with Crippen LogP contribution in [0.4, 0.5) is 19.4 Å². The Bertz CT molecular complexity index is 2440. The molecule has 2 saturated heterocycles. The van der Waals surface area contributed by atoms with E-state index in [1.165, 1.54) is 12.3 Å². The molecular formula is C50H69F2N5O4SSi2. The predicted molar refractivity (Wildman–Crippen MR) is 261 cm³/mol. The molecule has 0 N–H and O–H groups in total. The van der Waals surface area contributed by atoms with Crippen molar-refractivity contribution in [3.05, 3.63) is 47.7 Å². The smallest absolute Gasteiger partial charge is 0.410 e. The van der Waals surface area contributed by atoms with Crippen molar-refractivity contribution in [1.29, 1.82) is 0 Å². The molecule has 2 fully saturated rings. The molecule has 2 bridgehead atoms. The monoisotopic (exact) mass is 929 g/mol. The maximum Gasteiger partial charge on any atom is 0.410 e. The fraction of sp³-hybridized carbons (Fsp3) is 0.600. The molecular weight excluding hydrogens is 861 g/mol. The normalized spacial score (nSPS) is 17.8. The third kappa shape index (κ3) is 9.11. The highest BCUT2D eigenvalue weighted by Crippen LogP contribution is 2.50. The summed E-state index contributed by atoms with van der Waals surface area (Å²) >= 11 is 0. The molecule has 6 rings (SSSR count). The summed E-state index contributed by atoms with van der Waals surface area (Å²) in [6, 6.07) is 6.52. The van der Waals surface area contributed by atoms with Crippen LogP contribution >= 0.6 is 0 Å². The van der Waals surface area contributed by atoms with Crippen molar-refractivity contribution in [2.45, 2.75) is 161 Å². The average molecular weight is 930 g/mol. The number of hydrogen-bond donors (Lipinski definition) is 0. The van der Waals surface area contributed by atoms with Gasteiger partial charge in [0.05, 0.1) is 33.8 Å². The van der Waals surface area contributed by atoms with Gasteiger partial charge in [0.15, 0.2) is 5.82 Å². The van der Waals surface area contributed by atoms with E-state index in [2.05, 4.69) is 99.5 Å². The lowest BCUT2D eigenvalue weighted by atomic mass is 9.76. The number of anilines is 1. The van der Waals surface area contributed by atoms with Gasteiger partial charge in [0.25, 0.3) is 0 Å². The summed E-state index contributed by atoms with van der Waals surface area (Å²) in [5, 5.41) is 1.28. The zero-order valence-corrected chi connectivity index (χ0v) is 43.7. The van der Waals surface area contributed by atoms with E-state index in [4.69, 9.17) is 19.1 Å². The van der Waals surface area contributed by atoms with Gasteiger partial charge < -0.3 is 14.1 Å². The lowest BCUT2D eigenvalue weighted by Crippen LogP contribution is -2.57. The standard InChI is InChI=1S/C50H69F2N5O4SSi2/c1-28(2)50(29(3)4,30(5)6)63-61-37-23-34-17-20-41(51)38(21-22-64(31(7)8,32(9)10)33(11)12)42(34)39(24-37)44-43(52)45-40(25-53-44)46(55-47(54-45)62(16)59)56-26-35-18-19-36(27-56)57(35)48(58)60-49(13,14)15/h17,20,23-25,28-33,35-36H,18-19,26-27H2,1-16H3/t35-,36+,62?. The van der Waals surface area contributed by atoms with E-state index < -0.39 is 36.1 Å². The van der Waals surface area contributed by atoms with Gasteiger partial charge in [0, 0.05) is 41.5 Å². The molecule has 4 heterocycles. The molecule has 9 nitrogen and oxygen atoms in total. The maximum absolute atomic E-state index is 17.8. The van der Waals surface area contributed by atoms with E-state index in [1.807, 2.05) is 36.6 Å². The van der Waals surface area contributed by atoms with Crippen molar-refractivity contribution in [3.63, 3.8) is 0 Å².